The quantitative estimate of drug-likeness (QED) is 0.325. The van der Waals surface area contributed by atoms with Crippen molar-refractivity contribution in [3.63, 3.8) is 0 Å². The second-order valence-electron chi connectivity index (χ2n) is 8.54. The van der Waals surface area contributed by atoms with Gasteiger partial charge in [0.1, 0.15) is 5.75 Å². The predicted octanol–water partition coefficient (Wildman–Crippen LogP) is 7.62. The molecule has 1 N–H and O–H groups in total. The van der Waals surface area contributed by atoms with Crippen molar-refractivity contribution in [3.8, 4) is 5.75 Å². The van der Waals surface area contributed by atoms with E-state index in [-0.39, 0.29) is 0 Å². The molecule has 0 aromatic heterocycles. The Morgan fingerprint density at radius 3 is 2.72 bits per heavy atom. The number of halogens is 1. The summed E-state index contributed by atoms with van der Waals surface area (Å²) in [6.45, 7) is 4.71. The van der Waals surface area contributed by atoms with E-state index in [4.69, 9.17) is 16.3 Å². The number of anilines is 1. The van der Waals surface area contributed by atoms with Crippen LogP contribution in [-0.2, 0) is 0 Å². The zero-order valence-electron chi connectivity index (χ0n) is 18.4. The number of rotatable bonds is 5. The molecule has 0 saturated heterocycles. The third-order valence-corrected chi connectivity index (χ3v) is 6.68. The van der Waals surface area contributed by atoms with E-state index in [2.05, 4.69) is 71.8 Å². The molecule has 32 heavy (non-hydrogen) atoms. The minimum Gasteiger partial charge on any atom is -0.492 e. The molecule has 3 nitrogen and oxygen atoms in total. The largest absolute Gasteiger partial charge is 0.492 e. The van der Waals surface area contributed by atoms with Crippen molar-refractivity contribution < 1.29 is 4.74 Å². The van der Waals surface area contributed by atoms with E-state index >= 15 is 0 Å². The van der Waals surface area contributed by atoms with E-state index in [1.165, 1.54) is 22.4 Å². The van der Waals surface area contributed by atoms with Gasteiger partial charge in [-0.3, -0.25) is 4.99 Å². The normalized spacial score (nSPS) is 21.3. The molecule has 0 saturated carbocycles. The molecule has 0 spiro atoms. The van der Waals surface area contributed by atoms with E-state index in [1.807, 2.05) is 31.3 Å². The minimum absolute atomic E-state index is 0.299. The van der Waals surface area contributed by atoms with Crippen LogP contribution in [0.15, 0.2) is 77.8 Å². The van der Waals surface area contributed by atoms with Gasteiger partial charge < -0.3 is 10.1 Å². The van der Waals surface area contributed by atoms with Crippen LogP contribution in [-0.4, -0.2) is 12.8 Å². The van der Waals surface area contributed by atoms with Gasteiger partial charge in [-0.05, 0) is 79.3 Å². The summed E-state index contributed by atoms with van der Waals surface area (Å²) in [5.41, 5.74) is 7.17. The summed E-state index contributed by atoms with van der Waals surface area (Å²) in [5, 5.41) is 4.41. The molecule has 1 aliphatic heterocycles. The van der Waals surface area contributed by atoms with Crippen molar-refractivity contribution in [2.24, 2.45) is 10.9 Å². The standard InChI is InChI=1S/C28H27ClN2O/c1-3-32-27-14-8-19(16-25(27)29)17-30-21-11-9-20(10-12-21)28-23-6-4-5-22(23)24-15-18(2)7-13-26(24)31-28/h4-5,7-17,22-23,28,31H,3,6H2,1-2H3/t22-,23+,28+/m1/s1. The zero-order chi connectivity index (χ0) is 22.1. The summed E-state index contributed by atoms with van der Waals surface area (Å²) in [6, 6.07) is 21.3. The fourth-order valence-corrected chi connectivity index (χ4v) is 5.07. The zero-order valence-corrected chi connectivity index (χ0v) is 19.1. The van der Waals surface area contributed by atoms with E-state index in [1.54, 1.807) is 0 Å². The molecule has 1 aliphatic carbocycles. The summed E-state index contributed by atoms with van der Waals surface area (Å²) >= 11 is 6.29. The predicted molar refractivity (Wildman–Crippen MR) is 134 cm³/mol. The molecule has 2 aliphatic rings. The Bertz CT molecular complexity index is 1180. The van der Waals surface area contributed by atoms with Crippen molar-refractivity contribution in [3.05, 3.63) is 100 Å². The fraction of sp³-hybridized carbons (Fsp3) is 0.250. The summed E-state index contributed by atoms with van der Waals surface area (Å²) < 4.78 is 5.50. The van der Waals surface area contributed by atoms with Gasteiger partial charge in [0.25, 0.3) is 0 Å². The van der Waals surface area contributed by atoms with Gasteiger partial charge in [-0.1, -0.05) is 53.6 Å². The summed E-state index contributed by atoms with van der Waals surface area (Å²) in [5.74, 6) is 1.73. The Hall–Kier alpha value is -3.04. The van der Waals surface area contributed by atoms with Crippen molar-refractivity contribution in [1.29, 1.82) is 0 Å². The number of aryl methyl sites for hydroxylation is 1. The first-order chi connectivity index (χ1) is 15.6. The maximum atomic E-state index is 6.29. The van der Waals surface area contributed by atoms with E-state index in [0.29, 0.717) is 35.3 Å². The van der Waals surface area contributed by atoms with Gasteiger partial charge in [0.15, 0.2) is 0 Å². The third-order valence-electron chi connectivity index (χ3n) is 6.39. The van der Waals surface area contributed by atoms with Crippen LogP contribution in [0.1, 0.15) is 47.6 Å². The Kier molecular flexibility index (Phi) is 5.75. The molecule has 3 aromatic rings. The van der Waals surface area contributed by atoms with E-state index in [9.17, 15) is 0 Å². The highest BCUT2D eigenvalue weighted by Gasteiger charge is 2.37. The van der Waals surface area contributed by atoms with Crippen LogP contribution < -0.4 is 10.1 Å². The maximum absolute atomic E-state index is 6.29. The Labute approximate surface area is 194 Å². The first-order valence-corrected chi connectivity index (χ1v) is 11.6. The number of nitrogens with one attached hydrogen (secondary N) is 1. The Balaban J connectivity index is 1.34. The molecule has 0 amide bonds. The summed E-state index contributed by atoms with van der Waals surface area (Å²) in [7, 11) is 0. The number of benzene rings is 3. The highest BCUT2D eigenvalue weighted by Crippen LogP contribution is 2.50. The van der Waals surface area contributed by atoms with Crippen LogP contribution in [0, 0.1) is 12.8 Å². The molecule has 3 aromatic carbocycles. The van der Waals surface area contributed by atoms with Crippen LogP contribution in [0.3, 0.4) is 0 Å². The van der Waals surface area contributed by atoms with Gasteiger partial charge in [0.2, 0.25) is 0 Å². The summed E-state index contributed by atoms with van der Waals surface area (Å²) in [4.78, 5) is 4.63. The van der Waals surface area contributed by atoms with Gasteiger partial charge >= 0.3 is 0 Å². The SMILES string of the molecule is CCOc1ccc(C=Nc2ccc([C@@H]3Nc4ccc(C)cc4[C@@H]4C=CC[C@@H]43)cc2)cc1Cl. The number of hydrogen-bond donors (Lipinski definition) is 1. The molecule has 0 fully saturated rings. The monoisotopic (exact) mass is 442 g/mol. The van der Waals surface area contributed by atoms with Crippen LogP contribution >= 0.6 is 11.6 Å². The molecule has 0 unspecified atom stereocenters. The maximum Gasteiger partial charge on any atom is 0.137 e. The van der Waals surface area contributed by atoms with Gasteiger partial charge in [-0.2, -0.15) is 0 Å². The summed E-state index contributed by atoms with van der Waals surface area (Å²) in [6.07, 6.45) is 7.67. The van der Waals surface area contributed by atoms with Crippen molar-refractivity contribution in [2.45, 2.75) is 32.2 Å². The smallest absolute Gasteiger partial charge is 0.137 e. The molecule has 3 atom stereocenters. The minimum atomic E-state index is 0.299. The molecule has 0 radical (unpaired) electrons. The van der Waals surface area contributed by atoms with Gasteiger partial charge in [-0.15, -0.1) is 0 Å². The number of fused-ring (bicyclic) bond motifs is 3. The van der Waals surface area contributed by atoms with Crippen molar-refractivity contribution in [1.82, 2.24) is 0 Å². The third kappa shape index (κ3) is 4.05. The second-order valence-corrected chi connectivity index (χ2v) is 8.95. The average Bonchev–Trinajstić information content (AvgIpc) is 3.30. The fourth-order valence-electron chi connectivity index (χ4n) is 4.83. The lowest BCUT2D eigenvalue weighted by molar-refractivity contribution is 0.340. The van der Waals surface area contributed by atoms with E-state index < -0.39 is 0 Å². The highest BCUT2D eigenvalue weighted by molar-refractivity contribution is 6.32. The van der Waals surface area contributed by atoms with E-state index in [0.717, 1.165) is 17.7 Å². The number of hydrogen-bond acceptors (Lipinski definition) is 3. The number of nitrogens with zero attached hydrogens (tertiary/aromatic N) is 1. The molecule has 4 heteroatoms. The lowest BCUT2D eigenvalue weighted by Crippen LogP contribution is -2.29. The molecule has 0 bridgehead atoms. The van der Waals surface area contributed by atoms with Crippen LogP contribution in [0.4, 0.5) is 11.4 Å². The lowest BCUT2D eigenvalue weighted by Gasteiger charge is -2.37. The van der Waals surface area contributed by atoms with Crippen molar-refractivity contribution >= 4 is 29.2 Å². The first-order valence-electron chi connectivity index (χ1n) is 11.2. The van der Waals surface area contributed by atoms with Gasteiger partial charge in [0, 0.05) is 17.8 Å². The Morgan fingerprint density at radius 2 is 1.94 bits per heavy atom. The van der Waals surface area contributed by atoms with Crippen LogP contribution in [0.5, 0.6) is 5.75 Å². The molecular weight excluding hydrogens is 416 g/mol. The molecule has 162 valence electrons. The van der Waals surface area contributed by atoms with Gasteiger partial charge in [0.05, 0.1) is 23.4 Å². The lowest BCUT2D eigenvalue weighted by atomic mass is 9.76. The number of allylic oxidation sites excluding steroid dienone is 2. The Morgan fingerprint density at radius 1 is 1.09 bits per heavy atom. The van der Waals surface area contributed by atoms with Gasteiger partial charge in [-0.25, -0.2) is 0 Å². The second kappa shape index (κ2) is 8.84. The van der Waals surface area contributed by atoms with Crippen molar-refractivity contribution in [2.75, 3.05) is 11.9 Å². The van der Waals surface area contributed by atoms with Crippen LogP contribution in [0.25, 0.3) is 0 Å². The topological polar surface area (TPSA) is 33.6 Å². The number of aliphatic imine (C=N–C) groups is 1. The molecule has 5 rings (SSSR count). The molecular formula is C28H27ClN2O. The van der Waals surface area contributed by atoms with Crippen LogP contribution in [0.2, 0.25) is 5.02 Å². The first kappa shape index (κ1) is 20.8. The molecule has 1 heterocycles. The number of ether oxygens (including phenoxy) is 1. The average molecular weight is 443 g/mol. The highest BCUT2D eigenvalue weighted by atomic mass is 35.5.